The molecule has 17 heavy (non-hydrogen) atoms. The standard InChI is InChI=1S/C16H24O/c1-7-10(2)8-15(17)16-13(5)11(3)9-12(4)14(16)6/h9-10H,7-8H2,1-6H3. The van der Waals surface area contributed by atoms with Crippen LogP contribution in [-0.4, -0.2) is 5.78 Å². The molecule has 0 aliphatic carbocycles. The first-order valence-electron chi connectivity index (χ1n) is 6.49. The molecule has 1 unspecified atom stereocenters. The lowest BCUT2D eigenvalue weighted by atomic mass is 9.88. The van der Waals surface area contributed by atoms with Crippen LogP contribution in [0.1, 0.15) is 59.3 Å². The molecule has 0 aliphatic heterocycles. The molecule has 0 spiro atoms. The van der Waals surface area contributed by atoms with Crippen LogP contribution in [-0.2, 0) is 0 Å². The predicted octanol–water partition coefficient (Wildman–Crippen LogP) is 4.54. The zero-order valence-electron chi connectivity index (χ0n) is 12.0. The maximum Gasteiger partial charge on any atom is 0.163 e. The molecule has 0 aromatic heterocycles. The highest BCUT2D eigenvalue weighted by Gasteiger charge is 2.17. The van der Waals surface area contributed by atoms with E-state index < -0.39 is 0 Å². The van der Waals surface area contributed by atoms with Gasteiger partial charge in [0.05, 0.1) is 0 Å². The molecule has 1 aromatic rings. The average molecular weight is 232 g/mol. The van der Waals surface area contributed by atoms with E-state index in [-0.39, 0.29) is 0 Å². The van der Waals surface area contributed by atoms with E-state index >= 15 is 0 Å². The molecular formula is C16H24O. The van der Waals surface area contributed by atoms with E-state index in [2.05, 4.69) is 47.6 Å². The van der Waals surface area contributed by atoms with Gasteiger partial charge >= 0.3 is 0 Å². The van der Waals surface area contributed by atoms with Crippen molar-refractivity contribution in [2.24, 2.45) is 5.92 Å². The molecule has 1 atom stereocenters. The minimum Gasteiger partial charge on any atom is -0.294 e. The molecule has 0 fully saturated rings. The number of rotatable bonds is 4. The van der Waals surface area contributed by atoms with Crippen molar-refractivity contribution in [2.45, 2.75) is 54.4 Å². The van der Waals surface area contributed by atoms with Crippen LogP contribution in [0.15, 0.2) is 6.07 Å². The number of carbonyl (C=O) groups is 1. The zero-order chi connectivity index (χ0) is 13.2. The van der Waals surface area contributed by atoms with E-state index in [1.54, 1.807) is 0 Å². The molecule has 94 valence electrons. The van der Waals surface area contributed by atoms with Crippen LogP contribution in [0.25, 0.3) is 0 Å². The molecule has 0 aliphatic rings. The molecule has 0 radical (unpaired) electrons. The number of aryl methyl sites for hydroxylation is 2. The Morgan fingerprint density at radius 3 is 2.00 bits per heavy atom. The van der Waals surface area contributed by atoms with E-state index in [1.165, 1.54) is 11.1 Å². The Hall–Kier alpha value is -1.11. The monoisotopic (exact) mass is 232 g/mol. The summed E-state index contributed by atoms with van der Waals surface area (Å²) in [5.41, 5.74) is 5.71. The van der Waals surface area contributed by atoms with Crippen LogP contribution in [0.2, 0.25) is 0 Å². The quantitative estimate of drug-likeness (QED) is 0.697. The third-order valence-electron chi connectivity index (χ3n) is 3.88. The van der Waals surface area contributed by atoms with Gasteiger partial charge in [-0.2, -0.15) is 0 Å². The van der Waals surface area contributed by atoms with Crippen molar-refractivity contribution in [3.8, 4) is 0 Å². The van der Waals surface area contributed by atoms with Gasteiger partial charge in [0.15, 0.2) is 5.78 Å². The van der Waals surface area contributed by atoms with Gasteiger partial charge in [-0.15, -0.1) is 0 Å². The van der Waals surface area contributed by atoms with Gasteiger partial charge in [-0.3, -0.25) is 4.79 Å². The summed E-state index contributed by atoms with van der Waals surface area (Å²) in [5, 5.41) is 0. The largest absolute Gasteiger partial charge is 0.294 e. The summed E-state index contributed by atoms with van der Waals surface area (Å²) in [6.45, 7) is 12.6. The van der Waals surface area contributed by atoms with Crippen LogP contribution in [0.5, 0.6) is 0 Å². The molecule has 0 N–H and O–H groups in total. The molecule has 1 aromatic carbocycles. The molecule has 0 saturated heterocycles. The molecule has 1 heteroatoms. The topological polar surface area (TPSA) is 17.1 Å². The number of carbonyl (C=O) groups excluding carboxylic acids is 1. The average Bonchev–Trinajstić information content (AvgIpc) is 2.26. The lowest BCUT2D eigenvalue weighted by molar-refractivity contribution is 0.0962. The Morgan fingerprint density at radius 1 is 1.12 bits per heavy atom. The third kappa shape index (κ3) is 2.96. The lowest BCUT2D eigenvalue weighted by Gasteiger charge is -2.16. The second kappa shape index (κ2) is 5.48. The Balaban J connectivity index is 3.17. The molecular weight excluding hydrogens is 208 g/mol. The summed E-state index contributed by atoms with van der Waals surface area (Å²) in [7, 11) is 0. The Morgan fingerprint density at radius 2 is 1.59 bits per heavy atom. The van der Waals surface area contributed by atoms with E-state index in [9.17, 15) is 4.79 Å². The predicted molar refractivity (Wildman–Crippen MR) is 73.8 cm³/mol. The van der Waals surface area contributed by atoms with Crippen molar-refractivity contribution in [2.75, 3.05) is 0 Å². The highest BCUT2D eigenvalue weighted by Crippen LogP contribution is 2.24. The van der Waals surface area contributed by atoms with Gasteiger partial charge in [0.2, 0.25) is 0 Å². The van der Waals surface area contributed by atoms with Gasteiger partial charge in [-0.25, -0.2) is 0 Å². The summed E-state index contributed by atoms with van der Waals surface area (Å²) >= 11 is 0. The Kier molecular flexibility index (Phi) is 4.50. The van der Waals surface area contributed by atoms with Crippen LogP contribution in [0.3, 0.4) is 0 Å². The molecule has 1 rings (SSSR count). The van der Waals surface area contributed by atoms with Crippen molar-refractivity contribution in [1.82, 2.24) is 0 Å². The van der Waals surface area contributed by atoms with Gasteiger partial charge in [-0.05, 0) is 55.9 Å². The normalized spacial score (nSPS) is 12.6. The minimum absolute atomic E-state index is 0.307. The molecule has 0 saturated carbocycles. The van der Waals surface area contributed by atoms with Gasteiger partial charge in [0.1, 0.15) is 0 Å². The van der Waals surface area contributed by atoms with Crippen LogP contribution < -0.4 is 0 Å². The number of Topliss-reactive ketones (excluding diaryl/α,β-unsaturated/α-hetero) is 1. The smallest absolute Gasteiger partial charge is 0.163 e. The molecule has 0 heterocycles. The Labute approximate surface area is 105 Å². The molecule has 0 amide bonds. The maximum atomic E-state index is 12.4. The second-order valence-corrected chi connectivity index (χ2v) is 5.28. The fraction of sp³-hybridized carbons (Fsp3) is 0.562. The highest BCUT2D eigenvalue weighted by molar-refractivity contribution is 5.99. The summed E-state index contributed by atoms with van der Waals surface area (Å²) in [4.78, 5) is 12.4. The first-order valence-corrected chi connectivity index (χ1v) is 6.49. The Bertz CT molecular complexity index is 403. The molecule has 1 nitrogen and oxygen atoms in total. The SMILES string of the molecule is CCC(C)CC(=O)c1c(C)c(C)cc(C)c1C. The van der Waals surface area contributed by atoms with Crippen LogP contribution in [0, 0.1) is 33.6 Å². The van der Waals surface area contributed by atoms with Crippen LogP contribution in [0.4, 0.5) is 0 Å². The fourth-order valence-electron chi connectivity index (χ4n) is 2.20. The number of ketones is 1. The van der Waals surface area contributed by atoms with Crippen LogP contribution >= 0.6 is 0 Å². The van der Waals surface area contributed by atoms with E-state index in [0.29, 0.717) is 18.1 Å². The van der Waals surface area contributed by atoms with E-state index in [4.69, 9.17) is 0 Å². The first kappa shape index (κ1) is 14.0. The number of hydrogen-bond donors (Lipinski definition) is 0. The highest BCUT2D eigenvalue weighted by atomic mass is 16.1. The summed E-state index contributed by atoms with van der Waals surface area (Å²) < 4.78 is 0. The van der Waals surface area contributed by atoms with Crippen molar-refractivity contribution >= 4 is 5.78 Å². The first-order chi connectivity index (χ1) is 7.88. The zero-order valence-corrected chi connectivity index (χ0v) is 12.0. The number of hydrogen-bond acceptors (Lipinski definition) is 1. The second-order valence-electron chi connectivity index (χ2n) is 5.28. The van der Waals surface area contributed by atoms with E-state index in [0.717, 1.165) is 23.1 Å². The summed E-state index contributed by atoms with van der Waals surface area (Å²) in [6.07, 6.45) is 1.73. The van der Waals surface area contributed by atoms with Crippen molar-refractivity contribution in [3.63, 3.8) is 0 Å². The third-order valence-corrected chi connectivity index (χ3v) is 3.88. The maximum absolute atomic E-state index is 12.4. The van der Waals surface area contributed by atoms with Gasteiger partial charge in [0.25, 0.3) is 0 Å². The minimum atomic E-state index is 0.307. The van der Waals surface area contributed by atoms with E-state index in [1.807, 2.05) is 0 Å². The fourth-order valence-corrected chi connectivity index (χ4v) is 2.20. The number of benzene rings is 1. The van der Waals surface area contributed by atoms with Gasteiger partial charge in [0, 0.05) is 12.0 Å². The molecule has 0 bridgehead atoms. The van der Waals surface area contributed by atoms with Crippen molar-refractivity contribution in [3.05, 3.63) is 33.9 Å². The van der Waals surface area contributed by atoms with Gasteiger partial charge < -0.3 is 0 Å². The van der Waals surface area contributed by atoms with Gasteiger partial charge in [-0.1, -0.05) is 26.3 Å². The summed E-state index contributed by atoms with van der Waals surface area (Å²) in [5.74, 6) is 0.781. The lowest BCUT2D eigenvalue weighted by Crippen LogP contribution is -2.11. The van der Waals surface area contributed by atoms with Crippen molar-refractivity contribution in [1.29, 1.82) is 0 Å². The van der Waals surface area contributed by atoms with Crippen molar-refractivity contribution < 1.29 is 4.79 Å². The summed E-state index contributed by atoms with van der Waals surface area (Å²) in [6, 6.07) is 2.17.